The predicted octanol–water partition coefficient (Wildman–Crippen LogP) is 3.19. The highest BCUT2D eigenvalue weighted by molar-refractivity contribution is 5.76. The van der Waals surface area contributed by atoms with Crippen LogP contribution in [0.25, 0.3) is 11.1 Å². The van der Waals surface area contributed by atoms with Gasteiger partial charge < -0.3 is 9.84 Å². The monoisotopic (exact) mass is 284 g/mol. The maximum Gasteiger partial charge on any atom is 0.511 e. The topological polar surface area (TPSA) is 113 Å². The van der Waals surface area contributed by atoms with Gasteiger partial charge in [-0.15, -0.1) is 0 Å². The Labute approximate surface area is 118 Å². The maximum absolute atomic E-state index is 10.8. The van der Waals surface area contributed by atoms with Crippen molar-refractivity contribution in [2.45, 2.75) is 0 Å². The lowest BCUT2D eigenvalue weighted by Gasteiger charge is -2.08. The Bertz CT molecular complexity index is 747. The first-order valence-corrected chi connectivity index (χ1v) is 5.71. The molecule has 104 valence electrons. The van der Waals surface area contributed by atoms with E-state index in [-0.39, 0.29) is 17.0 Å². The second-order valence-electron chi connectivity index (χ2n) is 3.99. The summed E-state index contributed by atoms with van der Waals surface area (Å²) in [5, 5.41) is 28.3. The van der Waals surface area contributed by atoms with Crippen LogP contribution in [0.2, 0.25) is 0 Å². The molecule has 0 unspecified atom stereocenters. The lowest BCUT2D eigenvalue weighted by molar-refractivity contribution is -0.384. The predicted molar refractivity (Wildman–Crippen MR) is 71.9 cm³/mol. The summed E-state index contributed by atoms with van der Waals surface area (Å²) in [5.41, 5.74) is 1.00. The van der Waals surface area contributed by atoms with Gasteiger partial charge in [0, 0.05) is 17.7 Å². The quantitative estimate of drug-likeness (QED) is 0.400. The number of carbonyl (C=O) groups is 1. The summed E-state index contributed by atoms with van der Waals surface area (Å²) in [6.45, 7) is 0. The van der Waals surface area contributed by atoms with Crippen molar-refractivity contribution in [1.82, 2.24) is 0 Å². The second kappa shape index (κ2) is 5.71. The van der Waals surface area contributed by atoms with E-state index in [9.17, 15) is 14.9 Å². The smallest absolute Gasteiger partial charge is 0.449 e. The number of non-ortho nitro benzene ring substituents is 1. The summed E-state index contributed by atoms with van der Waals surface area (Å²) in [4.78, 5) is 20.9. The Balaban J connectivity index is 2.56. The van der Waals surface area contributed by atoms with Crippen LogP contribution in [0.4, 0.5) is 10.5 Å². The van der Waals surface area contributed by atoms with Crippen LogP contribution in [0.3, 0.4) is 0 Å². The standard InChI is InChI=1S/C14H8N2O5/c15-8-9-1-3-10(4-2-9)12-7-11(16(19)20)5-6-13(12)21-14(17)18/h1-7H,(H,17,18). The van der Waals surface area contributed by atoms with Crippen molar-refractivity contribution < 1.29 is 19.6 Å². The van der Waals surface area contributed by atoms with Crippen LogP contribution < -0.4 is 4.74 Å². The molecule has 0 saturated carbocycles. The SMILES string of the molecule is N#Cc1ccc(-c2cc([N+](=O)[O-])ccc2OC(=O)O)cc1. The van der Waals surface area contributed by atoms with E-state index in [0.717, 1.165) is 6.07 Å². The molecule has 1 N–H and O–H groups in total. The molecule has 0 aromatic heterocycles. The third-order valence-electron chi connectivity index (χ3n) is 2.70. The molecule has 2 aromatic rings. The summed E-state index contributed by atoms with van der Waals surface area (Å²) in [6.07, 6.45) is -1.52. The highest BCUT2D eigenvalue weighted by Crippen LogP contribution is 2.33. The van der Waals surface area contributed by atoms with Crippen LogP contribution in [-0.2, 0) is 0 Å². The fourth-order valence-electron chi connectivity index (χ4n) is 1.76. The number of hydrogen-bond donors (Lipinski definition) is 1. The molecule has 0 spiro atoms. The highest BCUT2D eigenvalue weighted by atomic mass is 16.7. The maximum atomic E-state index is 10.8. The molecule has 21 heavy (non-hydrogen) atoms. The van der Waals surface area contributed by atoms with Gasteiger partial charge >= 0.3 is 6.16 Å². The van der Waals surface area contributed by atoms with Gasteiger partial charge in [-0.1, -0.05) is 12.1 Å². The van der Waals surface area contributed by atoms with Gasteiger partial charge in [0.1, 0.15) is 5.75 Å². The molecule has 7 nitrogen and oxygen atoms in total. The van der Waals surface area contributed by atoms with Crippen molar-refractivity contribution >= 4 is 11.8 Å². The van der Waals surface area contributed by atoms with Crippen LogP contribution in [0.5, 0.6) is 5.75 Å². The molecule has 2 rings (SSSR count). The van der Waals surface area contributed by atoms with E-state index in [1.54, 1.807) is 12.1 Å². The number of carboxylic acid groups (broad SMARTS) is 1. The normalized spacial score (nSPS) is 9.67. The summed E-state index contributed by atoms with van der Waals surface area (Å²) in [6, 6.07) is 11.7. The summed E-state index contributed by atoms with van der Waals surface area (Å²) >= 11 is 0. The molecular weight excluding hydrogens is 276 g/mol. The third kappa shape index (κ3) is 3.13. The van der Waals surface area contributed by atoms with E-state index >= 15 is 0 Å². The molecule has 0 radical (unpaired) electrons. The molecule has 0 amide bonds. The van der Waals surface area contributed by atoms with Crippen molar-refractivity contribution in [1.29, 1.82) is 5.26 Å². The highest BCUT2D eigenvalue weighted by Gasteiger charge is 2.15. The molecule has 0 saturated heterocycles. The van der Waals surface area contributed by atoms with Crippen molar-refractivity contribution in [3.8, 4) is 22.9 Å². The van der Waals surface area contributed by atoms with Gasteiger partial charge in [0.2, 0.25) is 0 Å². The van der Waals surface area contributed by atoms with E-state index in [1.807, 2.05) is 6.07 Å². The van der Waals surface area contributed by atoms with E-state index in [1.165, 1.54) is 24.3 Å². The van der Waals surface area contributed by atoms with Crippen molar-refractivity contribution in [3.63, 3.8) is 0 Å². The fraction of sp³-hybridized carbons (Fsp3) is 0. The van der Waals surface area contributed by atoms with Crippen LogP contribution >= 0.6 is 0 Å². The van der Waals surface area contributed by atoms with Gasteiger partial charge in [-0.3, -0.25) is 10.1 Å². The second-order valence-corrected chi connectivity index (χ2v) is 3.99. The van der Waals surface area contributed by atoms with E-state index in [4.69, 9.17) is 10.4 Å². The Morgan fingerprint density at radius 2 is 1.90 bits per heavy atom. The minimum Gasteiger partial charge on any atom is -0.449 e. The Hall–Kier alpha value is -3.40. The lowest BCUT2D eigenvalue weighted by atomic mass is 10.0. The molecule has 0 bridgehead atoms. The van der Waals surface area contributed by atoms with E-state index in [0.29, 0.717) is 11.1 Å². The Morgan fingerprint density at radius 1 is 1.24 bits per heavy atom. The number of hydrogen-bond acceptors (Lipinski definition) is 5. The van der Waals surface area contributed by atoms with E-state index < -0.39 is 11.1 Å². The molecule has 7 heteroatoms. The Kier molecular flexibility index (Phi) is 3.81. The van der Waals surface area contributed by atoms with Crippen LogP contribution in [-0.4, -0.2) is 16.2 Å². The molecule has 0 aliphatic rings. The summed E-state index contributed by atoms with van der Waals surface area (Å²) in [7, 11) is 0. The van der Waals surface area contributed by atoms with Gasteiger partial charge in [-0.25, -0.2) is 4.79 Å². The zero-order chi connectivity index (χ0) is 15.4. The number of benzene rings is 2. The van der Waals surface area contributed by atoms with Crippen LogP contribution in [0.1, 0.15) is 5.56 Å². The molecule has 0 heterocycles. The van der Waals surface area contributed by atoms with Crippen LogP contribution in [0, 0.1) is 21.4 Å². The molecule has 0 atom stereocenters. The fourth-order valence-corrected chi connectivity index (χ4v) is 1.76. The average Bonchev–Trinajstić information content (AvgIpc) is 2.47. The summed E-state index contributed by atoms with van der Waals surface area (Å²) < 4.78 is 4.62. The zero-order valence-corrected chi connectivity index (χ0v) is 10.5. The lowest BCUT2D eigenvalue weighted by Crippen LogP contribution is -2.04. The number of nitro benzene ring substituents is 1. The van der Waals surface area contributed by atoms with Crippen LogP contribution in [0.15, 0.2) is 42.5 Å². The molecular formula is C14H8N2O5. The largest absolute Gasteiger partial charge is 0.511 e. The van der Waals surface area contributed by atoms with Gasteiger partial charge in [0.25, 0.3) is 5.69 Å². The van der Waals surface area contributed by atoms with Gasteiger partial charge in [-0.2, -0.15) is 5.26 Å². The zero-order valence-electron chi connectivity index (χ0n) is 10.5. The van der Waals surface area contributed by atoms with Gasteiger partial charge in [0.15, 0.2) is 0 Å². The number of rotatable bonds is 3. The van der Waals surface area contributed by atoms with Crippen molar-refractivity contribution in [2.75, 3.05) is 0 Å². The number of nitriles is 1. The average molecular weight is 284 g/mol. The molecule has 0 aliphatic carbocycles. The number of nitrogens with zero attached hydrogens (tertiary/aromatic N) is 2. The van der Waals surface area contributed by atoms with Gasteiger partial charge in [-0.05, 0) is 23.8 Å². The van der Waals surface area contributed by atoms with Gasteiger partial charge in [0.05, 0.1) is 16.6 Å². The number of nitro groups is 1. The summed E-state index contributed by atoms with van der Waals surface area (Å²) in [5.74, 6) is -0.0159. The first-order chi connectivity index (χ1) is 10.0. The first kappa shape index (κ1) is 14.0. The molecule has 0 fully saturated rings. The number of ether oxygens (including phenoxy) is 1. The van der Waals surface area contributed by atoms with E-state index in [2.05, 4.69) is 4.74 Å². The minimum atomic E-state index is -1.52. The van der Waals surface area contributed by atoms with Crippen molar-refractivity contribution in [3.05, 3.63) is 58.1 Å². The molecule has 0 aliphatic heterocycles. The third-order valence-corrected chi connectivity index (χ3v) is 2.70. The Morgan fingerprint density at radius 3 is 2.43 bits per heavy atom. The molecule has 2 aromatic carbocycles. The van der Waals surface area contributed by atoms with Crippen molar-refractivity contribution in [2.24, 2.45) is 0 Å². The minimum absolute atomic E-state index is 0.0159. The first-order valence-electron chi connectivity index (χ1n) is 5.71.